The molecule has 1 saturated carbocycles. The fourth-order valence-electron chi connectivity index (χ4n) is 2.76. The lowest BCUT2D eigenvalue weighted by molar-refractivity contribution is 0.0697. The van der Waals surface area contributed by atoms with Crippen LogP contribution in [0.25, 0.3) is 0 Å². The summed E-state index contributed by atoms with van der Waals surface area (Å²) in [5, 5.41) is 12.6. The number of aromatic carboxylic acids is 1. The second-order valence-electron chi connectivity index (χ2n) is 5.72. The lowest BCUT2D eigenvalue weighted by Crippen LogP contribution is -2.31. The van der Waals surface area contributed by atoms with Crippen molar-refractivity contribution in [3.05, 3.63) is 17.7 Å². The Morgan fingerprint density at radius 2 is 1.95 bits per heavy atom. The number of anilines is 2. The van der Waals surface area contributed by atoms with Crippen molar-refractivity contribution in [3.8, 4) is 0 Å². The van der Waals surface area contributed by atoms with Crippen molar-refractivity contribution in [2.24, 2.45) is 0 Å². The summed E-state index contributed by atoms with van der Waals surface area (Å²) >= 11 is 0. The molecule has 108 valence electrons. The maximum atomic E-state index is 11.3. The molecule has 5 nitrogen and oxygen atoms in total. The summed E-state index contributed by atoms with van der Waals surface area (Å²) in [5.74, 6) is 0.615. The monoisotopic (exact) mass is 275 g/mol. The third kappa shape index (κ3) is 2.86. The van der Waals surface area contributed by atoms with Gasteiger partial charge in [0.25, 0.3) is 0 Å². The number of rotatable bonds is 4. The van der Waals surface area contributed by atoms with Crippen LogP contribution < -0.4 is 10.2 Å². The van der Waals surface area contributed by atoms with E-state index in [1.807, 2.05) is 0 Å². The summed E-state index contributed by atoms with van der Waals surface area (Å²) < 4.78 is 0. The van der Waals surface area contributed by atoms with E-state index in [2.05, 4.69) is 15.2 Å². The van der Waals surface area contributed by atoms with E-state index < -0.39 is 5.97 Å². The van der Waals surface area contributed by atoms with E-state index in [4.69, 9.17) is 0 Å². The molecule has 1 aromatic rings. The molecule has 2 heterocycles. The Bertz CT molecular complexity index is 494. The van der Waals surface area contributed by atoms with Gasteiger partial charge < -0.3 is 15.3 Å². The summed E-state index contributed by atoms with van der Waals surface area (Å²) in [4.78, 5) is 18.1. The number of aromatic nitrogens is 1. The van der Waals surface area contributed by atoms with E-state index in [9.17, 15) is 9.90 Å². The minimum absolute atomic E-state index is 0.322. The van der Waals surface area contributed by atoms with Crippen molar-refractivity contribution >= 4 is 17.6 Å². The Morgan fingerprint density at radius 3 is 2.55 bits per heavy atom. The Balaban J connectivity index is 1.84. The molecule has 0 unspecified atom stereocenters. The number of nitrogens with one attached hydrogen (secondary N) is 1. The van der Waals surface area contributed by atoms with E-state index in [0.717, 1.165) is 44.6 Å². The van der Waals surface area contributed by atoms with Crippen molar-refractivity contribution in [2.45, 2.75) is 44.6 Å². The molecule has 0 atom stereocenters. The van der Waals surface area contributed by atoms with Crippen molar-refractivity contribution < 1.29 is 9.90 Å². The number of carboxylic acids is 1. The highest BCUT2D eigenvalue weighted by molar-refractivity contribution is 5.89. The number of carboxylic acid groups (broad SMARTS) is 1. The SMILES string of the molecule is O=C(O)c1cc(NC2CCC2)nc(N2CCCCC2)c1. The van der Waals surface area contributed by atoms with Crippen LogP contribution in [0.3, 0.4) is 0 Å². The summed E-state index contributed by atoms with van der Waals surface area (Å²) in [5.41, 5.74) is 0.322. The van der Waals surface area contributed by atoms with E-state index in [0.29, 0.717) is 17.4 Å². The molecular formula is C15H21N3O2. The summed E-state index contributed by atoms with van der Waals surface area (Å²) in [6.45, 7) is 1.94. The zero-order valence-electron chi connectivity index (χ0n) is 11.6. The van der Waals surface area contributed by atoms with Crippen LogP contribution in [0.5, 0.6) is 0 Å². The minimum Gasteiger partial charge on any atom is -0.478 e. The van der Waals surface area contributed by atoms with Gasteiger partial charge in [-0.25, -0.2) is 9.78 Å². The molecule has 3 rings (SSSR count). The molecule has 2 N–H and O–H groups in total. The molecular weight excluding hydrogens is 254 g/mol. The largest absolute Gasteiger partial charge is 0.478 e. The second-order valence-corrected chi connectivity index (χ2v) is 5.72. The van der Waals surface area contributed by atoms with E-state index >= 15 is 0 Å². The third-order valence-electron chi connectivity index (χ3n) is 4.20. The molecule has 2 aliphatic rings. The smallest absolute Gasteiger partial charge is 0.335 e. The molecule has 0 bridgehead atoms. The first-order valence-corrected chi connectivity index (χ1v) is 7.49. The highest BCUT2D eigenvalue weighted by atomic mass is 16.4. The average molecular weight is 275 g/mol. The zero-order valence-corrected chi connectivity index (χ0v) is 11.6. The predicted molar refractivity (Wildman–Crippen MR) is 78.5 cm³/mol. The van der Waals surface area contributed by atoms with Gasteiger partial charge in [0.05, 0.1) is 5.56 Å². The van der Waals surface area contributed by atoms with E-state index in [1.54, 1.807) is 12.1 Å². The molecule has 1 aliphatic carbocycles. The highest BCUT2D eigenvalue weighted by Gasteiger charge is 2.20. The van der Waals surface area contributed by atoms with Crippen molar-refractivity contribution in [1.29, 1.82) is 0 Å². The topological polar surface area (TPSA) is 65.5 Å². The van der Waals surface area contributed by atoms with Crippen LogP contribution in [-0.4, -0.2) is 35.2 Å². The lowest BCUT2D eigenvalue weighted by atomic mass is 9.93. The van der Waals surface area contributed by atoms with Gasteiger partial charge in [0.2, 0.25) is 0 Å². The minimum atomic E-state index is -0.887. The van der Waals surface area contributed by atoms with Crippen LogP contribution in [0.2, 0.25) is 0 Å². The van der Waals surface area contributed by atoms with E-state index in [-0.39, 0.29) is 0 Å². The zero-order chi connectivity index (χ0) is 13.9. The van der Waals surface area contributed by atoms with Gasteiger partial charge in [0, 0.05) is 19.1 Å². The highest BCUT2D eigenvalue weighted by Crippen LogP contribution is 2.26. The van der Waals surface area contributed by atoms with Crippen LogP contribution in [0.4, 0.5) is 11.6 Å². The molecule has 1 saturated heterocycles. The molecule has 2 fully saturated rings. The van der Waals surface area contributed by atoms with Gasteiger partial charge in [-0.3, -0.25) is 0 Å². The standard InChI is InChI=1S/C15H21N3O2/c19-15(20)11-9-13(16-12-5-4-6-12)17-14(10-11)18-7-2-1-3-8-18/h9-10,12H,1-8H2,(H,16,17)(H,19,20). The fraction of sp³-hybridized carbons (Fsp3) is 0.600. The van der Waals surface area contributed by atoms with E-state index in [1.165, 1.54) is 12.8 Å². The van der Waals surface area contributed by atoms with Crippen molar-refractivity contribution in [1.82, 2.24) is 4.98 Å². The summed E-state index contributed by atoms with van der Waals surface area (Å²) in [7, 11) is 0. The Labute approximate surface area is 119 Å². The predicted octanol–water partition coefficient (Wildman–Crippen LogP) is 2.73. The van der Waals surface area contributed by atoms with Crippen LogP contribution in [0.15, 0.2) is 12.1 Å². The number of pyridine rings is 1. The number of nitrogens with zero attached hydrogens (tertiary/aromatic N) is 2. The quantitative estimate of drug-likeness (QED) is 0.884. The van der Waals surface area contributed by atoms with Crippen LogP contribution >= 0.6 is 0 Å². The lowest BCUT2D eigenvalue weighted by Gasteiger charge is -2.30. The third-order valence-corrected chi connectivity index (χ3v) is 4.20. The maximum Gasteiger partial charge on any atom is 0.335 e. The molecule has 0 amide bonds. The molecule has 1 aliphatic heterocycles. The first-order chi connectivity index (χ1) is 9.72. The average Bonchev–Trinajstić information content (AvgIpc) is 2.43. The number of hydrogen-bond donors (Lipinski definition) is 2. The van der Waals surface area contributed by atoms with Gasteiger partial charge in [-0.1, -0.05) is 0 Å². The molecule has 0 spiro atoms. The van der Waals surface area contributed by atoms with Crippen molar-refractivity contribution in [3.63, 3.8) is 0 Å². The van der Waals surface area contributed by atoms with Crippen LogP contribution in [-0.2, 0) is 0 Å². The molecule has 5 heteroatoms. The van der Waals surface area contributed by atoms with Gasteiger partial charge in [0.1, 0.15) is 11.6 Å². The van der Waals surface area contributed by atoms with Gasteiger partial charge >= 0.3 is 5.97 Å². The number of piperidine rings is 1. The van der Waals surface area contributed by atoms with Crippen LogP contribution in [0.1, 0.15) is 48.9 Å². The van der Waals surface area contributed by atoms with Gasteiger partial charge in [0.15, 0.2) is 0 Å². The number of carbonyl (C=O) groups is 1. The maximum absolute atomic E-state index is 11.3. The fourth-order valence-corrected chi connectivity index (χ4v) is 2.76. The normalized spacial score (nSPS) is 19.5. The second kappa shape index (κ2) is 5.69. The first-order valence-electron chi connectivity index (χ1n) is 7.49. The molecule has 20 heavy (non-hydrogen) atoms. The van der Waals surface area contributed by atoms with Crippen LogP contribution in [0, 0.1) is 0 Å². The Morgan fingerprint density at radius 1 is 1.20 bits per heavy atom. The summed E-state index contributed by atoms with van der Waals surface area (Å²) in [6.07, 6.45) is 7.11. The number of hydrogen-bond acceptors (Lipinski definition) is 4. The van der Waals surface area contributed by atoms with Gasteiger partial charge in [-0.05, 0) is 50.7 Å². The molecule has 0 radical (unpaired) electrons. The molecule has 1 aromatic heterocycles. The van der Waals surface area contributed by atoms with Gasteiger partial charge in [-0.2, -0.15) is 0 Å². The Kier molecular flexibility index (Phi) is 3.76. The first kappa shape index (κ1) is 13.2. The van der Waals surface area contributed by atoms with Gasteiger partial charge in [-0.15, -0.1) is 0 Å². The summed E-state index contributed by atoms with van der Waals surface area (Å²) in [6, 6.07) is 3.80. The molecule has 0 aromatic carbocycles. The van der Waals surface area contributed by atoms with Crippen molar-refractivity contribution in [2.75, 3.05) is 23.3 Å². The Hall–Kier alpha value is -1.78.